The third-order valence-electron chi connectivity index (χ3n) is 2.83. The van der Waals surface area contributed by atoms with E-state index < -0.39 is 0 Å². The van der Waals surface area contributed by atoms with Gasteiger partial charge in [-0.1, -0.05) is 18.5 Å². The maximum Gasteiger partial charge on any atom is 0.256 e. The van der Waals surface area contributed by atoms with Crippen molar-refractivity contribution in [1.29, 1.82) is 0 Å². The fraction of sp³-hybridized carbons (Fsp3) is 0.500. The minimum Gasteiger partial charge on any atom is -0.387 e. The average molecular weight is 269 g/mol. The van der Waals surface area contributed by atoms with Gasteiger partial charge in [-0.15, -0.1) is 0 Å². The summed E-state index contributed by atoms with van der Waals surface area (Å²) in [6.45, 7) is 6.88. The van der Waals surface area contributed by atoms with Crippen molar-refractivity contribution in [3.8, 4) is 0 Å². The van der Waals surface area contributed by atoms with Gasteiger partial charge in [0.2, 0.25) is 0 Å². The topological polar surface area (TPSA) is 32.3 Å². The van der Waals surface area contributed by atoms with Crippen molar-refractivity contribution >= 4 is 23.2 Å². The molecule has 0 aromatic heterocycles. The summed E-state index contributed by atoms with van der Waals surface area (Å²) in [4.78, 5) is 14.4. The SMILES string of the molecule is CCCN(C(=O)c1cc(Cl)ccc1NC)C(C)C. The van der Waals surface area contributed by atoms with E-state index in [-0.39, 0.29) is 11.9 Å². The van der Waals surface area contributed by atoms with Crippen LogP contribution in [0.25, 0.3) is 0 Å². The maximum atomic E-state index is 12.5. The highest BCUT2D eigenvalue weighted by Crippen LogP contribution is 2.22. The van der Waals surface area contributed by atoms with Gasteiger partial charge in [0.25, 0.3) is 5.91 Å². The Hall–Kier alpha value is -1.22. The summed E-state index contributed by atoms with van der Waals surface area (Å²) in [5.74, 6) is 0.0266. The third kappa shape index (κ3) is 3.39. The molecule has 1 amide bonds. The molecule has 0 saturated heterocycles. The minimum atomic E-state index is 0.0266. The maximum absolute atomic E-state index is 12.5. The lowest BCUT2D eigenvalue weighted by Crippen LogP contribution is -2.37. The molecule has 0 atom stereocenters. The van der Waals surface area contributed by atoms with Gasteiger partial charge in [0.05, 0.1) is 5.56 Å². The number of nitrogens with zero attached hydrogens (tertiary/aromatic N) is 1. The molecule has 3 nitrogen and oxygen atoms in total. The van der Waals surface area contributed by atoms with E-state index in [0.29, 0.717) is 10.6 Å². The Morgan fingerprint density at radius 1 is 1.44 bits per heavy atom. The Morgan fingerprint density at radius 2 is 2.11 bits per heavy atom. The van der Waals surface area contributed by atoms with E-state index in [1.54, 1.807) is 19.2 Å². The summed E-state index contributed by atoms with van der Waals surface area (Å²) < 4.78 is 0. The highest BCUT2D eigenvalue weighted by atomic mass is 35.5. The molecule has 18 heavy (non-hydrogen) atoms. The number of hydrogen-bond donors (Lipinski definition) is 1. The second-order valence-corrected chi connectivity index (χ2v) is 4.97. The number of halogens is 1. The van der Waals surface area contributed by atoms with Gasteiger partial charge in [0, 0.05) is 30.3 Å². The molecule has 0 radical (unpaired) electrons. The fourth-order valence-electron chi connectivity index (χ4n) is 1.90. The van der Waals surface area contributed by atoms with Gasteiger partial charge in [-0.2, -0.15) is 0 Å². The smallest absolute Gasteiger partial charge is 0.256 e. The number of benzene rings is 1. The Labute approximate surface area is 114 Å². The number of hydrogen-bond acceptors (Lipinski definition) is 2. The first-order valence-electron chi connectivity index (χ1n) is 6.29. The number of rotatable bonds is 5. The number of carbonyl (C=O) groups is 1. The molecule has 0 bridgehead atoms. The second-order valence-electron chi connectivity index (χ2n) is 4.53. The van der Waals surface area contributed by atoms with E-state index in [9.17, 15) is 4.79 Å². The lowest BCUT2D eigenvalue weighted by atomic mass is 10.1. The van der Waals surface area contributed by atoms with Crippen LogP contribution < -0.4 is 5.32 Å². The molecule has 100 valence electrons. The summed E-state index contributed by atoms with van der Waals surface area (Å²) >= 11 is 5.98. The van der Waals surface area contributed by atoms with Crippen LogP contribution in [0.5, 0.6) is 0 Å². The van der Waals surface area contributed by atoms with Gasteiger partial charge in [-0.3, -0.25) is 4.79 Å². The molecule has 0 saturated carbocycles. The van der Waals surface area contributed by atoms with Crippen LogP contribution in [-0.4, -0.2) is 30.4 Å². The second kappa shape index (κ2) is 6.64. The summed E-state index contributed by atoms with van der Waals surface area (Å²) in [6, 6.07) is 5.52. The lowest BCUT2D eigenvalue weighted by molar-refractivity contribution is 0.0707. The summed E-state index contributed by atoms with van der Waals surface area (Å²) in [7, 11) is 1.81. The van der Waals surface area contributed by atoms with E-state index in [2.05, 4.69) is 12.2 Å². The van der Waals surface area contributed by atoms with Crippen molar-refractivity contribution in [3.63, 3.8) is 0 Å². The average Bonchev–Trinajstić information content (AvgIpc) is 2.34. The van der Waals surface area contributed by atoms with Crippen molar-refractivity contribution in [3.05, 3.63) is 28.8 Å². The van der Waals surface area contributed by atoms with Gasteiger partial charge >= 0.3 is 0 Å². The highest BCUT2D eigenvalue weighted by molar-refractivity contribution is 6.31. The van der Waals surface area contributed by atoms with E-state index >= 15 is 0 Å². The molecular formula is C14H21ClN2O. The minimum absolute atomic E-state index is 0.0266. The Kier molecular flexibility index (Phi) is 5.48. The number of anilines is 1. The van der Waals surface area contributed by atoms with Crippen LogP contribution in [0.15, 0.2) is 18.2 Å². The predicted octanol–water partition coefficient (Wildman–Crippen LogP) is 3.64. The first kappa shape index (κ1) is 14.8. The summed E-state index contributed by atoms with van der Waals surface area (Å²) in [5, 5.41) is 3.61. The Bertz CT molecular complexity index is 418. The molecule has 1 N–H and O–H groups in total. The first-order chi connectivity index (χ1) is 8.51. The largest absolute Gasteiger partial charge is 0.387 e. The van der Waals surface area contributed by atoms with Gasteiger partial charge < -0.3 is 10.2 Å². The molecule has 1 aromatic rings. The van der Waals surface area contributed by atoms with Crippen molar-refractivity contribution in [2.45, 2.75) is 33.2 Å². The Morgan fingerprint density at radius 3 is 2.61 bits per heavy atom. The molecule has 0 aliphatic rings. The summed E-state index contributed by atoms with van der Waals surface area (Å²) in [5.41, 5.74) is 1.44. The molecule has 1 rings (SSSR count). The number of nitrogens with one attached hydrogen (secondary N) is 1. The van der Waals surface area contributed by atoms with E-state index in [4.69, 9.17) is 11.6 Å². The zero-order valence-corrected chi connectivity index (χ0v) is 12.2. The van der Waals surface area contributed by atoms with Crippen LogP contribution in [0.1, 0.15) is 37.6 Å². The van der Waals surface area contributed by atoms with Crippen LogP contribution in [0.3, 0.4) is 0 Å². The van der Waals surface area contributed by atoms with Crippen LogP contribution in [0.4, 0.5) is 5.69 Å². The van der Waals surface area contributed by atoms with Crippen molar-refractivity contribution in [2.24, 2.45) is 0 Å². The molecule has 1 aromatic carbocycles. The number of carbonyl (C=O) groups excluding carboxylic acids is 1. The molecule has 0 unspecified atom stereocenters. The van der Waals surface area contributed by atoms with E-state index in [0.717, 1.165) is 18.7 Å². The van der Waals surface area contributed by atoms with E-state index in [1.165, 1.54) is 0 Å². The van der Waals surface area contributed by atoms with Gasteiger partial charge in [-0.25, -0.2) is 0 Å². The van der Waals surface area contributed by atoms with Crippen LogP contribution in [-0.2, 0) is 0 Å². The zero-order valence-electron chi connectivity index (χ0n) is 11.5. The van der Waals surface area contributed by atoms with Crippen molar-refractivity contribution in [2.75, 3.05) is 18.9 Å². The van der Waals surface area contributed by atoms with Crippen molar-refractivity contribution < 1.29 is 4.79 Å². The molecule has 0 fully saturated rings. The standard InChI is InChI=1S/C14H21ClN2O/c1-5-8-17(10(2)3)14(18)12-9-11(15)6-7-13(12)16-4/h6-7,9-10,16H,5,8H2,1-4H3. The Balaban J connectivity index is 3.11. The monoisotopic (exact) mass is 268 g/mol. The van der Waals surface area contributed by atoms with Gasteiger partial charge in [-0.05, 0) is 38.5 Å². The highest BCUT2D eigenvalue weighted by Gasteiger charge is 2.20. The van der Waals surface area contributed by atoms with Crippen LogP contribution in [0.2, 0.25) is 5.02 Å². The first-order valence-corrected chi connectivity index (χ1v) is 6.67. The van der Waals surface area contributed by atoms with E-state index in [1.807, 2.05) is 24.8 Å². The lowest BCUT2D eigenvalue weighted by Gasteiger charge is -2.27. The van der Waals surface area contributed by atoms with Crippen LogP contribution in [0, 0.1) is 0 Å². The fourth-order valence-corrected chi connectivity index (χ4v) is 2.07. The molecule has 0 aliphatic carbocycles. The van der Waals surface area contributed by atoms with Crippen LogP contribution >= 0.6 is 11.6 Å². The number of amides is 1. The normalized spacial score (nSPS) is 10.6. The van der Waals surface area contributed by atoms with Crippen molar-refractivity contribution in [1.82, 2.24) is 4.90 Å². The van der Waals surface area contributed by atoms with Gasteiger partial charge in [0.1, 0.15) is 0 Å². The molecular weight excluding hydrogens is 248 g/mol. The molecule has 4 heteroatoms. The quantitative estimate of drug-likeness (QED) is 0.884. The third-order valence-corrected chi connectivity index (χ3v) is 3.07. The predicted molar refractivity (Wildman–Crippen MR) is 77.5 cm³/mol. The summed E-state index contributed by atoms with van der Waals surface area (Å²) in [6.07, 6.45) is 0.944. The van der Waals surface area contributed by atoms with Gasteiger partial charge in [0.15, 0.2) is 0 Å². The zero-order chi connectivity index (χ0) is 13.7. The molecule has 0 aliphatic heterocycles. The molecule has 0 spiro atoms. The molecule has 0 heterocycles.